The van der Waals surface area contributed by atoms with E-state index in [-0.39, 0.29) is 36.8 Å². The summed E-state index contributed by atoms with van der Waals surface area (Å²) in [7, 11) is 0. The highest BCUT2D eigenvalue weighted by molar-refractivity contribution is 7.99. The van der Waals surface area contributed by atoms with Crippen molar-refractivity contribution in [2.45, 2.75) is 31.1 Å². The number of carbonyl (C=O) groups is 2. The molecule has 1 atom stereocenters. The first-order valence-corrected chi connectivity index (χ1v) is 16.5. The molecule has 0 aliphatic carbocycles. The van der Waals surface area contributed by atoms with Crippen LogP contribution >= 0.6 is 34.7 Å². The van der Waals surface area contributed by atoms with Gasteiger partial charge in [-0.3, -0.25) is 14.2 Å². The molecule has 5 aromatic rings. The molecule has 3 aromatic carbocycles. The van der Waals surface area contributed by atoms with Gasteiger partial charge in [-0.25, -0.2) is 5.01 Å². The van der Waals surface area contributed by atoms with Gasteiger partial charge in [-0.05, 0) is 54.3 Å². The van der Waals surface area contributed by atoms with Crippen LogP contribution < -0.4 is 10.1 Å². The number of nitrogens with zero attached hydrogens (tertiary/aromatic N) is 5. The van der Waals surface area contributed by atoms with Crippen molar-refractivity contribution in [3.63, 3.8) is 0 Å². The Hall–Kier alpha value is -4.45. The van der Waals surface area contributed by atoms with Gasteiger partial charge in [0.25, 0.3) is 11.8 Å². The number of aryl methyl sites for hydroxylation is 1. The molecule has 0 radical (unpaired) electrons. The summed E-state index contributed by atoms with van der Waals surface area (Å²) in [5.74, 6) is 0.717. The standard InChI is InChI=1S/C33H29ClN6O3S2/c1-22-12-14-23(15-13-22)28-18-27(29-11-6-16-44-29)38-40(28)32(42)21-45-33-37-36-30(39(33)25-8-5-7-24(34)17-25)19-35-31(41)20-43-26-9-3-2-4-10-26/h2-17,28H,18-21H2,1H3,(H,35,41)/t28-/m0/s1. The zero-order valence-corrected chi connectivity index (χ0v) is 26.7. The number of amides is 2. The monoisotopic (exact) mass is 656 g/mol. The summed E-state index contributed by atoms with van der Waals surface area (Å²) in [6, 6.07) is 28.4. The zero-order chi connectivity index (χ0) is 31.2. The van der Waals surface area contributed by atoms with Gasteiger partial charge in [0.1, 0.15) is 5.75 Å². The lowest BCUT2D eigenvalue weighted by Crippen LogP contribution is -2.29. The molecule has 0 spiro atoms. The van der Waals surface area contributed by atoms with Gasteiger partial charge in [0.15, 0.2) is 17.6 Å². The SMILES string of the molecule is Cc1ccc([C@@H]2CC(c3cccs3)=NN2C(=O)CSc2nnc(CNC(=O)COc3ccccc3)n2-c2cccc(Cl)c2)cc1. The highest BCUT2D eigenvalue weighted by Crippen LogP contribution is 2.35. The number of halogens is 1. The molecule has 1 N–H and O–H groups in total. The van der Waals surface area contributed by atoms with E-state index in [9.17, 15) is 9.59 Å². The highest BCUT2D eigenvalue weighted by Gasteiger charge is 2.33. The second-order valence-electron chi connectivity index (χ2n) is 10.3. The summed E-state index contributed by atoms with van der Waals surface area (Å²) >= 11 is 9.19. The number of ether oxygens (including phenoxy) is 1. The maximum Gasteiger partial charge on any atom is 0.258 e. The van der Waals surface area contributed by atoms with Gasteiger partial charge in [-0.15, -0.1) is 21.5 Å². The number of aromatic nitrogens is 3. The van der Waals surface area contributed by atoms with Crippen molar-refractivity contribution in [1.82, 2.24) is 25.1 Å². The molecule has 2 aromatic heterocycles. The van der Waals surface area contributed by atoms with Crippen molar-refractivity contribution in [1.29, 1.82) is 0 Å². The number of hydrazone groups is 1. The normalized spacial score (nSPS) is 14.3. The summed E-state index contributed by atoms with van der Waals surface area (Å²) in [4.78, 5) is 27.4. The lowest BCUT2D eigenvalue weighted by Gasteiger charge is -2.22. The van der Waals surface area contributed by atoms with E-state index in [0.717, 1.165) is 21.7 Å². The van der Waals surface area contributed by atoms with Crippen LogP contribution in [-0.4, -0.2) is 49.7 Å². The molecule has 3 heterocycles. The Labute approximate surface area is 273 Å². The molecule has 1 aliphatic heterocycles. The van der Waals surface area contributed by atoms with Crippen LogP contribution in [0.1, 0.15) is 34.3 Å². The van der Waals surface area contributed by atoms with E-state index in [0.29, 0.717) is 33.9 Å². The Morgan fingerprint density at radius 2 is 1.84 bits per heavy atom. The fourth-order valence-electron chi connectivity index (χ4n) is 4.85. The molecule has 0 bridgehead atoms. The lowest BCUT2D eigenvalue weighted by molar-refractivity contribution is -0.130. The number of para-hydroxylation sites is 1. The van der Waals surface area contributed by atoms with Crippen LogP contribution in [0.3, 0.4) is 0 Å². The maximum absolute atomic E-state index is 13.7. The van der Waals surface area contributed by atoms with Crippen LogP contribution in [0.5, 0.6) is 5.75 Å². The molecule has 45 heavy (non-hydrogen) atoms. The molecular formula is C33H29ClN6O3S2. The molecule has 2 amide bonds. The number of thiophene rings is 1. The van der Waals surface area contributed by atoms with Gasteiger partial charge in [-0.2, -0.15) is 5.10 Å². The average Bonchev–Trinajstić information content (AvgIpc) is 3.83. The lowest BCUT2D eigenvalue weighted by atomic mass is 10.00. The molecule has 6 rings (SSSR count). The van der Waals surface area contributed by atoms with Gasteiger partial charge in [0, 0.05) is 11.4 Å². The van der Waals surface area contributed by atoms with E-state index in [1.54, 1.807) is 45.2 Å². The van der Waals surface area contributed by atoms with Crippen molar-refractivity contribution in [3.05, 3.63) is 123 Å². The minimum atomic E-state index is -0.306. The van der Waals surface area contributed by atoms with E-state index >= 15 is 0 Å². The Morgan fingerprint density at radius 1 is 1.02 bits per heavy atom. The first-order chi connectivity index (χ1) is 21.9. The van der Waals surface area contributed by atoms with Crippen molar-refractivity contribution in [3.8, 4) is 11.4 Å². The Bertz CT molecular complexity index is 1810. The molecule has 0 saturated heterocycles. The summed E-state index contributed by atoms with van der Waals surface area (Å²) in [6.45, 7) is 2.00. The smallest absolute Gasteiger partial charge is 0.258 e. The van der Waals surface area contributed by atoms with Crippen LogP contribution in [0.25, 0.3) is 5.69 Å². The molecule has 0 unspecified atom stereocenters. The minimum Gasteiger partial charge on any atom is -0.484 e. The average molecular weight is 657 g/mol. The first-order valence-electron chi connectivity index (χ1n) is 14.2. The van der Waals surface area contributed by atoms with E-state index in [2.05, 4.69) is 39.8 Å². The Balaban J connectivity index is 1.19. The summed E-state index contributed by atoms with van der Waals surface area (Å²) < 4.78 is 7.35. The topological polar surface area (TPSA) is 102 Å². The van der Waals surface area contributed by atoms with Crippen molar-refractivity contribution < 1.29 is 14.3 Å². The second-order valence-corrected chi connectivity index (χ2v) is 12.6. The summed E-state index contributed by atoms with van der Waals surface area (Å²) in [5.41, 5.74) is 3.79. The van der Waals surface area contributed by atoms with Crippen LogP contribution in [0, 0.1) is 6.92 Å². The third-order valence-corrected chi connectivity index (χ3v) is 9.15. The molecule has 12 heteroatoms. The van der Waals surface area contributed by atoms with Crippen LogP contribution in [0.2, 0.25) is 5.02 Å². The number of rotatable bonds is 11. The van der Waals surface area contributed by atoms with Crippen molar-refractivity contribution in [2.24, 2.45) is 5.10 Å². The first kappa shape index (κ1) is 30.6. The fraction of sp³-hybridized carbons (Fsp3) is 0.182. The zero-order valence-electron chi connectivity index (χ0n) is 24.3. The predicted octanol–water partition coefficient (Wildman–Crippen LogP) is 6.46. The van der Waals surface area contributed by atoms with Crippen molar-refractivity contribution in [2.75, 3.05) is 12.4 Å². The number of benzene rings is 3. The van der Waals surface area contributed by atoms with Gasteiger partial charge >= 0.3 is 0 Å². The van der Waals surface area contributed by atoms with E-state index in [4.69, 9.17) is 21.4 Å². The van der Waals surface area contributed by atoms with Gasteiger partial charge in [0.05, 0.1) is 34.6 Å². The third-order valence-electron chi connectivity index (χ3n) is 7.08. The number of hydrogen-bond acceptors (Lipinski definition) is 8. The van der Waals surface area contributed by atoms with Gasteiger partial charge < -0.3 is 10.1 Å². The number of hydrogen-bond donors (Lipinski definition) is 1. The van der Waals surface area contributed by atoms with E-state index in [1.165, 1.54) is 11.8 Å². The molecule has 0 saturated carbocycles. The third kappa shape index (κ3) is 7.44. The van der Waals surface area contributed by atoms with E-state index in [1.807, 2.05) is 54.8 Å². The predicted molar refractivity (Wildman–Crippen MR) is 177 cm³/mol. The number of thioether (sulfide) groups is 1. The summed E-state index contributed by atoms with van der Waals surface area (Å²) in [6.07, 6.45) is 0.635. The number of carbonyl (C=O) groups excluding carboxylic acids is 2. The summed E-state index contributed by atoms with van der Waals surface area (Å²) in [5, 5.41) is 21.0. The molecule has 0 fully saturated rings. The van der Waals surface area contributed by atoms with Crippen LogP contribution in [-0.2, 0) is 16.1 Å². The quantitative estimate of drug-likeness (QED) is 0.164. The maximum atomic E-state index is 13.7. The molecule has 228 valence electrons. The van der Waals surface area contributed by atoms with Crippen LogP contribution in [0.4, 0.5) is 0 Å². The number of nitrogens with one attached hydrogen (secondary N) is 1. The van der Waals surface area contributed by atoms with E-state index < -0.39 is 0 Å². The van der Waals surface area contributed by atoms with Gasteiger partial charge in [-0.1, -0.05) is 83.5 Å². The van der Waals surface area contributed by atoms with Gasteiger partial charge in [0.2, 0.25) is 0 Å². The molecular weight excluding hydrogens is 628 g/mol. The Morgan fingerprint density at radius 3 is 2.60 bits per heavy atom. The Kier molecular flexibility index (Phi) is 9.58. The van der Waals surface area contributed by atoms with Crippen LogP contribution in [0.15, 0.2) is 107 Å². The fourth-order valence-corrected chi connectivity index (χ4v) is 6.58. The van der Waals surface area contributed by atoms with Crippen molar-refractivity contribution >= 4 is 52.2 Å². The largest absolute Gasteiger partial charge is 0.484 e. The molecule has 1 aliphatic rings. The second kappa shape index (κ2) is 14.1. The molecule has 9 nitrogen and oxygen atoms in total. The highest BCUT2D eigenvalue weighted by atomic mass is 35.5. The minimum absolute atomic E-state index is 0.0829.